The van der Waals surface area contributed by atoms with Crippen LogP contribution in [0.2, 0.25) is 0 Å². The molecule has 1 amide bonds. The summed E-state index contributed by atoms with van der Waals surface area (Å²) in [7, 11) is 0. The van der Waals surface area contributed by atoms with Crippen molar-refractivity contribution in [3.8, 4) is 11.5 Å². The van der Waals surface area contributed by atoms with Gasteiger partial charge in [-0.05, 0) is 79.4 Å². The number of hydrogen-bond donors (Lipinski definition) is 1. The molecular weight excluding hydrogens is 524 g/mol. The normalized spacial score (nSPS) is 19.6. The van der Waals surface area contributed by atoms with Crippen LogP contribution in [0, 0.1) is 13.8 Å². The van der Waals surface area contributed by atoms with Crippen molar-refractivity contribution >= 4 is 44.1 Å². The van der Waals surface area contributed by atoms with E-state index >= 15 is 0 Å². The molecule has 8 heteroatoms. The minimum Gasteiger partial charge on any atom is -0.507 e. The van der Waals surface area contributed by atoms with Crippen LogP contribution in [-0.2, 0) is 16.0 Å². The van der Waals surface area contributed by atoms with Crippen molar-refractivity contribution < 1.29 is 24.2 Å². The first-order valence-electron chi connectivity index (χ1n) is 13.1. The van der Waals surface area contributed by atoms with Crippen molar-refractivity contribution in [3.05, 3.63) is 101 Å². The average molecular weight is 553 g/mol. The Morgan fingerprint density at radius 3 is 2.70 bits per heavy atom. The Balaban J connectivity index is 1.51. The maximum absolute atomic E-state index is 13.6. The van der Waals surface area contributed by atoms with Gasteiger partial charge in [-0.3, -0.25) is 14.5 Å². The van der Waals surface area contributed by atoms with Crippen LogP contribution in [0.4, 0.5) is 5.13 Å². The molecule has 40 heavy (non-hydrogen) atoms. The molecule has 202 valence electrons. The maximum Gasteiger partial charge on any atom is 0.301 e. The van der Waals surface area contributed by atoms with Gasteiger partial charge in [-0.1, -0.05) is 42.2 Å². The molecule has 3 aromatic carbocycles. The molecular formula is C32H28N2O5S. The lowest BCUT2D eigenvalue weighted by atomic mass is 9.94. The summed E-state index contributed by atoms with van der Waals surface area (Å²) in [5.74, 6) is -0.333. The van der Waals surface area contributed by atoms with Gasteiger partial charge in [0, 0.05) is 12.0 Å². The quantitative estimate of drug-likeness (QED) is 0.128. The molecule has 6 rings (SSSR count). The Morgan fingerprint density at radius 2 is 1.95 bits per heavy atom. The Kier molecular flexibility index (Phi) is 6.43. The second-order valence-corrected chi connectivity index (χ2v) is 11.2. The Hall–Kier alpha value is -4.43. The first-order chi connectivity index (χ1) is 19.2. The molecule has 7 nitrogen and oxygen atoms in total. The first kappa shape index (κ1) is 25.8. The molecule has 2 aliphatic heterocycles. The number of carbonyl (C=O) groups is 2. The van der Waals surface area contributed by atoms with Crippen molar-refractivity contribution in [2.45, 2.75) is 39.3 Å². The van der Waals surface area contributed by atoms with Gasteiger partial charge in [0.25, 0.3) is 5.78 Å². The van der Waals surface area contributed by atoms with Crippen LogP contribution in [-0.4, -0.2) is 34.5 Å². The monoisotopic (exact) mass is 552 g/mol. The number of nitrogens with zero attached hydrogens (tertiary/aromatic N) is 2. The molecule has 3 heterocycles. The van der Waals surface area contributed by atoms with Gasteiger partial charge in [-0.2, -0.15) is 0 Å². The molecule has 4 aromatic rings. The molecule has 0 saturated carbocycles. The minimum atomic E-state index is -0.876. The van der Waals surface area contributed by atoms with Crippen molar-refractivity contribution in [2.24, 2.45) is 0 Å². The van der Waals surface area contributed by atoms with Gasteiger partial charge in [0.1, 0.15) is 30.0 Å². The minimum absolute atomic E-state index is 0.0174. The number of benzene rings is 3. The lowest BCUT2D eigenvalue weighted by molar-refractivity contribution is -0.132. The van der Waals surface area contributed by atoms with Crippen LogP contribution in [0.3, 0.4) is 0 Å². The number of fused-ring (bicyclic) bond motifs is 2. The number of ether oxygens (including phenoxy) is 2. The van der Waals surface area contributed by atoms with E-state index in [4.69, 9.17) is 14.5 Å². The van der Waals surface area contributed by atoms with E-state index in [2.05, 4.69) is 6.58 Å². The third-order valence-corrected chi connectivity index (χ3v) is 8.20. The molecule has 1 fully saturated rings. The van der Waals surface area contributed by atoms with Crippen molar-refractivity contribution in [2.75, 3.05) is 11.5 Å². The largest absolute Gasteiger partial charge is 0.507 e. The lowest BCUT2D eigenvalue weighted by Crippen LogP contribution is -2.29. The van der Waals surface area contributed by atoms with Gasteiger partial charge >= 0.3 is 5.91 Å². The van der Waals surface area contributed by atoms with Crippen molar-refractivity contribution in [3.63, 3.8) is 0 Å². The Labute approximate surface area is 236 Å². The molecule has 1 N–H and O–H groups in total. The number of anilines is 1. The van der Waals surface area contributed by atoms with Crippen molar-refractivity contribution in [1.29, 1.82) is 0 Å². The molecule has 0 bridgehead atoms. The average Bonchev–Trinajstić information content (AvgIpc) is 3.60. The number of Topliss-reactive ketones (excluding diaryl/α,β-unsaturated/α-hetero) is 1. The number of rotatable bonds is 6. The van der Waals surface area contributed by atoms with Gasteiger partial charge in [0.15, 0.2) is 5.13 Å². The van der Waals surface area contributed by atoms with E-state index < -0.39 is 17.7 Å². The van der Waals surface area contributed by atoms with Crippen molar-refractivity contribution in [1.82, 2.24) is 4.98 Å². The van der Waals surface area contributed by atoms with E-state index in [9.17, 15) is 14.7 Å². The summed E-state index contributed by atoms with van der Waals surface area (Å²) in [5.41, 5.74) is 4.94. The Morgan fingerprint density at radius 1 is 1.18 bits per heavy atom. The fourth-order valence-corrected chi connectivity index (χ4v) is 6.60. The number of ketones is 1. The maximum atomic E-state index is 13.6. The predicted molar refractivity (Wildman–Crippen MR) is 156 cm³/mol. The third kappa shape index (κ3) is 4.34. The highest BCUT2D eigenvalue weighted by Gasteiger charge is 2.48. The van der Waals surface area contributed by atoms with Crippen LogP contribution in [0.1, 0.15) is 40.8 Å². The van der Waals surface area contributed by atoms with Crippen LogP contribution in [0.15, 0.2) is 72.8 Å². The zero-order chi connectivity index (χ0) is 28.1. The fourth-order valence-electron chi connectivity index (χ4n) is 5.43. The highest BCUT2D eigenvalue weighted by Crippen LogP contribution is 2.45. The second-order valence-electron chi connectivity index (χ2n) is 10.2. The van der Waals surface area contributed by atoms with Gasteiger partial charge in [0.05, 0.1) is 21.8 Å². The van der Waals surface area contributed by atoms with E-state index in [0.29, 0.717) is 35.0 Å². The first-order valence-corrected chi connectivity index (χ1v) is 13.9. The molecule has 1 aromatic heterocycles. The summed E-state index contributed by atoms with van der Waals surface area (Å²) in [5, 5.41) is 12.0. The fraction of sp³-hybridized carbons (Fsp3) is 0.219. The number of aliphatic hydroxyl groups excluding tert-OH is 1. The van der Waals surface area contributed by atoms with Crippen LogP contribution >= 0.6 is 11.3 Å². The number of aromatic nitrogens is 1. The number of carbonyl (C=O) groups excluding carboxylic acids is 2. The number of aryl methyl sites for hydroxylation is 2. The van der Waals surface area contributed by atoms with Gasteiger partial charge < -0.3 is 14.6 Å². The second kappa shape index (κ2) is 9.95. The number of amides is 1. The zero-order valence-electron chi connectivity index (χ0n) is 22.4. The topological polar surface area (TPSA) is 89.0 Å². The molecule has 0 unspecified atom stereocenters. The van der Waals surface area contributed by atoms with E-state index in [-0.39, 0.29) is 17.4 Å². The smallest absolute Gasteiger partial charge is 0.301 e. The molecule has 0 spiro atoms. The summed E-state index contributed by atoms with van der Waals surface area (Å²) in [4.78, 5) is 33.5. The van der Waals surface area contributed by atoms with Gasteiger partial charge in [-0.15, -0.1) is 0 Å². The summed E-state index contributed by atoms with van der Waals surface area (Å²) >= 11 is 1.35. The standard InChI is InChI=1S/C32H28N2O5S/c1-5-12-38-23-9-6-20(7-10-23)28-26(29(35)21-8-11-24-22(16-21)15-19(4)39-24)30(36)31(37)34(28)32-33-27-18(3)13-17(2)14-25(27)40-32/h5-11,13-14,16,19,28,35H,1,12,15H2,2-4H3/t19-,28+/m1/s1. The highest BCUT2D eigenvalue weighted by atomic mass is 32.1. The Bertz CT molecular complexity index is 1720. The molecule has 0 radical (unpaired) electrons. The number of aliphatic hydroxyl groups is 1. The van der Waals surface area contributed by atoms with E-state index in [1.165, 1.54) is 16.2 Å². The summed E-state index contributed by atoms with van der Waals surface area (Å²) in [6.45, 7) is 9.99. The molecule has 1 saturated heterocycles. The summed E-state index contributed by atoms with van der Waals surface area (Å²) in [6.07, 6.45) is 2.39. The SMILES string of the molecule is C=CCOc1ccc([C@H]2C(=C(O)c3ccc4c(c3)C[C@@H](C)O4)C(=O)C(=O)N2c2nc3c(C)cc(C)cc3s2)cc1. The van der Waals surface area contributed by atoms with Crippen LogP contribution in [0.25, 0.3) is 16.0 Å². The summed E-state index contributed by atoms with van der Waals surface area (Å²) < 4.78 is 12.4. The summed E-state index contributed by atoms with van der Waals surface area (Å²) in [6, 6.07) is 15.7. The van der Waals surface area contributed by atoms with Crippen LogP contribution < -0.4 is 14.4 Å². The van der Waals surface area contributed by atoms with E-state index in [1.54, 1.807) is 42.5 Å². The van der Waals surface area contributed by atoms with E-state index in [1.807, 2.05) is 39.0 Å². The predicted octanol–water partition coefficient (Wildman–Crippen LogP) is 6.43. The van der Waals surface area contributed by atoms with Gasteiger partial charge in [0.2, 0.25) is 0 Å². The number of hydrogen-bond acceptors (Lipinski definition) is 7. The van der Waals surface area contributed by atoms with Gasteiger partial charge in [-0.25, -0.2) is 4.98 Å². The molecule has 2 atom stereocenters. The molecule has 2 aliphatic rings. The molecule has 0 aliphatic carbocycles. The van der Waals surface area contributed by atoms with Crippen LogP contribution in [0.5, 0.6) is 11.5 Å². The highest BCUT2D eigenvalue weighted by molar-refractivity contribution is 7.22. The van der Waals surface area contributed by atoms with E-state index in [0.717, 1.165) is 32.7 Å². The lowest BCUT2D eigenvalue weighted by Gasteiger charge is -2.23. The third-order valence-electron chi connectivity index (χ3n) is 7.20. The zero-order valence-corrected chi connectivity index (χ0v) is 23.2. The number of thiazole rings is 1.